The largest absolute Gasteiger partial charge is 0.490 e. The molecule has 128 valence electrons. The summed E-state index contributed by atoms with van der Waals surface area (Å²) in [6, 6.07) is 4.22. The van der Waals surface area contributed by atoms with Crippen LogP contribution in [0.2, 0.25) is 0 Å². The highest BCUT2D eigenvalue weighted by Crippen LogP contribution is 2.27. The number of piperidine rings is 1. The second kappa shape index (κ2) is 9.32. The van der Waals surface area contributed by atoms with Crippen LogP contribution in [0.1, 0.15) is 29.6 Å². The van der Waals surface area contributed by atoms with Crippen molar-refractivity contribution in [2.24, 2.45) is 5.92 Å². The van der Waals surface area contributed by atoms with E-state index in [0.29, 0.717) is 12.5 Å². The lowest BCUT2D eigenvalue weighted by Gasteiger charge is -2.22. The van der Waals surface area contributed by atoms with Gasteiger partial charge < -0.3 is 15.4 Å². The lowest BCUT2D eigenvalue weighted by Crippen LogP contribution is -2.33. The fourth-order valence-corrected chi connectivity index (χ4v) is 2.64. The molecule has 0 aliphatic carbocycles. The van der Waals surface area contributed by atoms with Gasteiger partial charge in [-0.15, -0.1) is 12.4 Å². The Kier molecular flexibility index (Phi) is 7.77. The minimum Gasteiger partial charge on any atom is -0.490 e. The van der Waals surface area contributed by atoms with Gasteiger partial charge in [0, 0.05) is 18.2 Å². The minimum absolute atomic E-state index is 0. The van der Waals surface area contributed by atoms with Crippen LogP contribution in [0.4, 0.5) is 5.69 Å². The van der Waals surface area contributed by atoms with E-state index in [-0.39, 0.29) is 35.3 Å². The quantitative estimate of drug-likeness (QED) is 0.609. The molecule has 1 amide bonds. The summed E-state index contributed by atoms with van der Waals surface area (Å²) in [6.07, 6.45) is 3.26. The zero-order valence-electron chi connectivity index (χ0n) is 13.0. The van der Waals surface area contributed by atoms with Crippen LogP contribution >= 0.6 is 12.4 Å². The average molecular weight is 344 g/mol. The molecule has 2 rings (SSSR count). The monoisotopic (exact) mass is 343 g/mol. The third kappa shape index (κ3) is 5.37. The molecule has 0 aromatic heterocycles. The molecule has 7 nitrogen and oxygen atoms in total. The Hall–Kier alpha value is -1.86. The Morgan fingerprint density at radius 3 is 2.91 bits per heavy atom. The summed E-state index contributed by atoms with van der Waals surface area (Å²) in [4.78, 5) is 22.5. The summed E-state index contributed by atoms with van der Waals surface area (Å²) in [5.41, 5.74) is 0.0703. The van der Waals surface area contributed by atoms with Gasteiger partial charge in [-0.1, -0.05) is 0 Å². The summed E-state index contributed by atoms with van der Waals surface area (Å²) in [5.74, 6) is 0.434. The van der Waals surface area contributed by atoms with E-state index >= 15 is 0 Å². The number of halogens is 1. The standard InChI is InChI=1S/C15H21N3O4.ClH/c1-22-14-5-4-12(9-13(14)18(20)21)15(19)17-8-6-11-3-2-7-16-10-11;/h4-5,9,11,16H,2-3,6-8,10H2,1H3,(H,17,19);1H. The number of ether oxygens (including phenoxy) is 1. The van der Waals surface area contributed by atoms with Gasteiger partial charge in [0.1, 0.15) is 0 Å². The summed E-state index contributed by atoms with van der Waals surface area (Å²) >= 11 is 0. The zero-order chi connectivity index (χ0) is 15.9. The van der Waals surface area contributed by atoms with Crippen molar-refractivity contribution in [2.45, 2.75) is 19.3 Å². The van der Waals surface area contributed by atoms with Gasteiger partial charge in [0.15, 0.2) is 5.75 Å². The number of carbonyl (C=O) groups is 1. The summed E-state index contributed by atoms with van der Waals surface area (Å²) in [7, 11) is 1.36. The summed E-state index contributed by atoms with van der Waals surface area (Å²) in [6.45, 7) is 2.63. The molecule has 1 aromatic carbocycles. The fourth-order valence-electron chi connectivity index (χ4n) is 2.64. The molecule has 0 radical (unpaired) electrons. The molecule has 8 heteroatoms. The Balaban J connectivity index is 0.00000264. The third-order valence-electron chi connectivity index (χ3n) is 3.87. The molecule has 1 unspecified atom stereocenters. The van der Waals surface area contributed by atoms with Gasteiger partial charge in [0.2, 0.25) is 0 Å². The van der Waals surface area contributed by atoms with Crippen LogP contribution in [0.25, 0.3) is 0 Å². The smallest absolute Gasteiger partial charge is 0.311 e. The van der Waals surface area contributed by atoms with Gasteiger partial charge in [-0.05, 0) is 50.4 Å². The lowest BCUT2D eigenvalue weighted by molar-refractivity contribution is -0.385. The maximum absolute atomic E-state index is 12.1. The van der Waals surface area contributed by atoms with Crippen molar-refractivity contribution >= 4 is 24.0 Å². The third-order valence-corrected chi connectivity index (χ3v) is 3.87. The number of hydrogen-bond acceptors (Lipinski definition) is 5. The van der Waals surface area contributed by atoms with Gasteiger partial charge >= 0.3 is 5.69 Å². The molecule has 0 bridgehead atoms. The van der Waals surface area contributed by atoms with Crippen LogP contribution in [0.5, 0.6) is 5.75 Å². The van der Waals surface area contributed by atoms with E-state index in [9.17, 15) is 14.9 Å². The van der Waals surface area contributed by atoms with Crippen LogP contribution in [0.3, 0.4) is 0 Å². The van der Waals surface area contributed by atoms with E-state index in [4.69, 9.17) is 4.74 Å². The molecule has 1 aromatic rings. The Morgan fingerprint density at radius 2 is 2.30 bits per heavy atom. The number of amides is 1. The van der Waals surface area contributed by atoms with E-state index in [1.807, 2.05) is 0 Å². The van der Waals surface area contributed by atoms with E-state index in [1.54, 1.807) is 0 Å². The second-order valence-corrected chi connectivity index (χ2v) is 5.40. The van der Waals surface area contributed by atoms with Crippen molar-refractivity contribution < 1.29 is 14.5 Å². The number of methoxy groups -OCH3 is 1. The minimum atomic E-state index is -0.552. The number of nitro groups is 1. The van der Waals surface area contributed by atoms with Crippen molar-refractivity contribution in [3.05, 3.63) is 33.9 Å². The molecule has 0 saturated carbocycles. The van der Waals surface area contributed by atoms with E-state index in [2.05, 4.69) is 10.6 Å². The van der Waals surface area contributed by atoms with Crippen LogP contribution in [0.15, 0.2) is 18.2 Å². The first-order valence-electron chi connectivity index (χ1n) is 7.43. The van der Waals surface area contributed by atoms with Crippen molar-refractivity contribution in [3.8, 4) is 5.75 Å². The average Bonchev–Trinajstić information content (AvgIpc) is 2.55. The molecule has 1 saturated heterocycles. The fraction of sp³-hybridized carbons (Fsp3) is 0.533. The predicted molar refractivity (Wildman–Crippen MR) is 89.4 cm³/mol. The number of benzene rings is 1. The number of nitrogens with zero attached hydrogens (tertiary/aromatic N) is 1. The molecule has 1 fully saturated rings. The molecular weight excluding hydrogens is 322 g/mol. The number of carbonyl (C=O) groups excluding carboxylic acids is 1. The Morgan fingerprint density at radius 1 is 1.52 bits per heavy atom. The van der Waals surface area contributed by atoms with Crippen LogP contribution in [-0.2, 0) is 0 Å². The van der Waals surface area contributed by atoms with Crippen molar-refractivity contribution in [1.82, 2.24) is 10.6 Å². The number of hydrogen-bond donors (Lipinski definition) is 2. The SMILES string of the molecule is COc1ccc(C(=O)NCCC2CCCNC2)cc1[N+](=O)[O-].Cl. The van der Waals surface area contributed by atoms with Gasteiger partial charge in [-0.2, -0.15) is 0 Å². The maximum Gasteiger partial charge on any atom is 0.311 e. The Bertz CT molecular complexity index is 548. The summed E-state index contributed by atoms with van der Waals surface area (Å²) in [5, 5.41) is 17.1. The zero-order valence-corrected chi connectivity index (χ0v) is 13.9. The molecule has 1 atom stereocenters. The first-order chi connectivity index (χ1) is 10.6. The van der Waals surface area contributed by atoms with Crippen molar-refractivity contribution in [1.29, 1.82) is 0 Å². The molecule has 0 spiro atoms. The van der Waals surface area contributed by atoms with Gasteiger partial charge in [-0.3, -0.25) is 14.9 Å². The summed E-state index contributed by atoms with van der Waals surface area (Å²) < 4.78 is 4.92. The van der Waals surface area contributed by atoms with Gasteiger partial charge in [0.25, 0.3) is 5.91 Å². The second-order valence-electron chi connectivity index (χ2n) is 5.40. The number of rotatable bonds is 6. The normalized spacial score (nSPS) is 17.0. The van der Waals surface area contributed by atoms with Crippen LogP contribution in [-0.4, -0.2) is 37.6 Å². The molecular formula is C15H22ClN3O4. The first kappa shape index (κ1) is 19.2. The van der Waals surface area contributed by atoms with Crippen molar-refractivity contribution in [2.75, 3.05) is 26.7 Å². The molecule has 2 N–H and O–H groups in total. The number of nitro benzene ring substituents is 1. The van der Waals surface area contributed by atoms with E-state index in [1.165, 1.54) is 38.2 Å². The highest BCUT2D eigenvalue weighted by molar-refractivity contribution is 5.95. The van der Waals surface area contributed by atoms with Crippen molar-refractivity contribution in [3.63, 3.8) is 0 Å². The van der Waals surface area contributed by atoms with E-state index < -0.39 is 4.92 Å². The molecule has 1 aliphatic heterocycles. The topological polar surface area (TPSA) is 93.5 Å². The Labute approximate surface area is 141 Å². The first-order valence-corrected chi connectivity index (χ1v) is 7.43. The highest BCUT2D eigenvalue weighted by Gasteiger charge is 2.18. The predicted octanol–water partition coefficient (Wildman–Crippen LogP) is 2.14. The van der Waals surface area contributed by atoms with Gasteiger partial charge in [-0.25, -0.2) is 0 Å². The van der Waals surface area contributed by atoms with E-state index in [0.717, 1.165) is 19.5 Å². The highest BCUT2D eigenvalue weighted by atomic mass is 35.5. The lowest BCUT2D eigenvalue weighted by atomic mass is 9.96. The maximum atomic E-state index is 12.1. The van der Waals surface area contributed by atoms with Crippen LogP contribution in [0, 0.1) is 16.0 Å². The number of nitrogens with one attached hydrogen (secondary N) is 2. The molecule has 23 heavy (non-hydrogen) atoms. The van der Waals surface area contributed by atoms with Crippen LogP contribution < -0.4 is 15.4 Å². The molecule has 1 heterocycles. The molecule has 1 aliphatic rings. The van der Waals surface area contributed by atoms with Gasteiger partial charge in [0.05, 0.1) is 12.0 Å².